The largest absolute Gasteiger partial charge is 3.00 e. The summed E-state index contributed by atoms with van der Waals surface area (Å²) in [5, 5.41) is 1.56. The summed E-state index contributed by atoms with van der Waals surface area (Å²) in [5.74, 6) is 0. The Kier molecular flexibility index (Phi) is 7.78. The molecule has 0 unspecified atom stereocenters. The predicted molar refractivity (Wildman–Crippen MR) is 91.5 cm³/mol. The first-order chi connectivity index (χ1) is 10.3. The molecule has 120 valence electrons. The summed E-state index contributed by atoms with van der Waals surface area (Å²) in [5.41, 5.74) is 8.60. The Bertz CT molecular complexity index is 794. The molecule has 0 aliphatic heterocycles. The van der Waals surface area contributed by atoms with E-state index in [-0.39, 0.29) is 46.5 Å². The van der Waals surface area contributed by atoms with Crippen molar-refractivity contribution in [2.45, 2.75) is 25.9 Å². The molecule has 0 atom stereocenters. The molecule has 2 radical (unpaired) electrons. The number of fused-ring (bicyclic) bond motifs is 3. The Hall–Kier alpha value is -0.569. The first-order valence-corrected chi connectivity index (χ1v) is 10.1. The zero-order valence-corrected chi connectivity index (χ0v) is 17.9. The molecule has 0 N–H and O–H groups in total. The minimum Gasteiger partial charge on any atom is -1.00 e. The Morgan fingerprint density at radius 2 is 1.54 bits per heavy atom. The van der Waals surface area contributed by atoms with Crippen LogP contribution in [-0.2, 0) is 28.1 Å². The number of allylic oxidation sites excluding steroid dienone is 4. The van der Waals surface area contributed by atoms with Gasteiger partial charge in [0.15, 0.2) is 0 Å². The number of hydrogen-bond donors (Lipinski definition) is 0. The average Bonchev–Trinajstić information content (AvgIpc) is 3.11. The molecule has 0 nitrogen and oxygen atoms in total. The van der Waals surface area contributed by atoms with Gasteiger partial charge in [-0.15, -0.1) is 17.7 Å². The van der Waals surface area contributed by atoms with Crippen LogP contribution in [0.1, 0.15) is 23.1 Å². The van der Waals surface area contributed by atoms with Crippen LogP contribution in [0.4, 0.5) is 0 Å². The minimum absolute atomic E-state index is 0. The number of benzene rings is 2. The van der Waals surface area contributed by atoms with Gasteiger partial charge >= 0.3 is 21.7 Å². The number of rotatable bonds is 2. The molecule has 0 bridgehead atoms. The van der Waals surface area contributed by atoms with Crippen molar-refractivity contribution in [1.82, 2.24) is 0 Å². The molecule has 4 rings (SSSR count). The molecule has 2 aromatic rings. The maximum Gasteiger partial charge on any atom is 3.00 e. The van der Waals surface area contributed by atoms with E-state index in [1.165, 1.54) is 33.4 Å². The molecular weight excluding hydrogens is 387 g/mol. The molecule has 4 heteroatoms. The van der Waals surface area contributed by atoms with Crippen LogP contribution < -0.4 is 24.8 Å². The number of halogens is 2. The first-order valence-electron chi connectivity index (χ1n) is 7.58. The van der Waals surface area contributed by atoms with Crippen molar-refractivity contribution in [2.24, 2.45) is 0 Å². The van der Waals surface area contributed by atoms with E-state index in [0.29, 0.717) is 0 Å². The summed E-state index contributed by atoms with van der Waals surface area (Å²) < 4.78 is 0. The van der Waals surface area contributed by atoms with Gasteiger partial charge in [-0.3, -0.25) is 0 Å². The molecule has 2 aliphatic rings. The first kappa shape index (κ1) is 21.5. The van der Waals surface area contributed by atoms with E-state index < -0.39 is 8.80 Å². The predicted octanol–water partition coefficient (Wildman–Crippen LogP) is -0.926. The van der Waals surface area contributed by atoms with E-state index >= 15 is 0 Å². The second kappa shape index (κ2) is 8.69. The summed E-state index contributed by atoms with van der Waals surface area (Å²) in [6, 6.07) is 15.6. The molecule has 0 aromatic heterocycles. The van der Waals surface area contributed by atoms with Crippen LogP contribution in [0.25, 0.3) is 16.7 Å². The van der Waals surface area contributed by atoms with E-state index in [1.54, 1.807) is 5.20 Å². The summed E-state index contributed by atoms with van der Waals surface area (Å²) in [4.78, 5) is 0. The van der Waals surface area contributed by atoms with Crippen molar-refractivity contribution in [1.29, 1.82) is 0 Å². The Morgan fingerprint density at radius 3 is 2.29 bits per heavy atom. The van der Waals surface area contributed by atoms with Crippen molar-refractivity contribution in [3.05, 3.63) is 76.5 Å². The summed E-state index contributed by atoms with van der Waals surface area (Å²) in [7, 11) is -0.430. The summed E-state index contributed by atoms with van der Waals surface area (Å²) in [6.07, 6.45) is 8.04. The fraction of sp³-hybridized carbons (Fsp3) is 0.200. The molecule has 0 saturated heterocycles. The quantitative estimate of drug-likeness (QED) is 0.382. The van der Waals surface area contributed by atoms with Gasteiger partial charge in [0.1, 0.15) is 0 Å². The molecule has 0 heterocycles. The molecule has 0 saturated carbocycles. The third-order valence-electron chi connectivity index (χ3n) is 4.51. The second-order valence-corrected chi connectivity index (χ2v) is 8.58. The van der Waals surface area contributed by atoms with Crippen molar-refractivity contribution in [3.63, 3.8) is 0 Å². The third-order valence-corrected chi connectivity index (χ3v) is 6.04. The Morgan fingerprint density at radius 1 is 0.875 bits per heavy atom. The van der Waals surface area contributed by atoms with E-state index in [9.17, 15) is 0 Å². The number of hydrogen-bond acceptors (Lipinski definition) is 0. The SMILES string of the molecule is C[Si](C)C1=CC[C-]=C1c1cccc2c1Cc1ccccc1-2.[Cl-].[Cl-].[Ti+3]. The Balaban J connectivity index is 0.000000960. The van der Waals surface area contributed by atoms with Crippen molar-refractivity contribution in [2.75, 3.05) is 0 Å². The van der Waals surface area contributed by atoms with E-state index in [0.717, 1.165) is 12.8 Å². The summed E-state index contributed by atoms with van der Waals surface area (Å²) >= 11 is 0. The van der Waals surface area contributed by atoms with Crippen LogP contribution in [-0.4, -0.2) is 8.80 Å². The second-order valence-electron chi connectivity index (χ2n) is 6.04. The van der Waals surface area contributed by atoms with Gasteiger partial charge in [0.2, 0.25) is 0 Å². The molecule has 0 spiro atoms. The molecule has 2 aliphatic carbocycles. The van der Waals surface area contributed by atoms with Gasteiger partial charge in [0.25, 0.3) is 0 Å². The fourth-order valence-corrected chi connectivity index (χ4v) is 4.77. The van der Waals surface area contributed by atoms with Gasteiger partial charge in [-0.1, -0.05) is 61.5 Å². The van der Waals surface area contributed by atoms with E-state index in [2.05, 4.69) is 67.7 Å². The van der Waals surface area contributed by atoms with Crippen molar-refractivity contribution < 1.29 is 46.5 Å². The monoisotopic (exact) mass is 404 g/mol. The van der Waals surface area contributed by atoms with Crippen LogP contribution >= 0.6 is 0 Å². The maximum absolute atomic E-state index is 3.61. The smallest absolute Gasteiger partial charge is 1.00 e. The van der Waals surface area contributed by atoms with Crippen molar-refractivity contribution in [3.8, 4) is 11.1 Å². The average molecular weight is 405 g/mol. The van der Waals surface area contributed by atoms with Crippen LogP contribution in [0, 0.1) is 6.08 Å². The Labute approximate surface area is 173 Å². The normalized spacial score (nSPS) is 13.8. The zero-order chi connectivity index (χ0) is 14.4. The molecule has 0 amide bonds. The zero-order valence-electron chi connectivity index (χ0n) is 13.8. The van der Waals surface area contributed by atoms with Crippen molar-refractivity contribution >= 4 is 14.4 Å². The van der Waals surface area contributed by atoms with Crippen LogP contribution in [0.5, 0.6) is 0 Å². The van der Waals surface area contributed by atoms with Gasteiger partial charge in [-0.05, 0) is 23.1 Å². The van der Waals surface area contributed by atoms with Gasteiger partial charge in [0, 0.05) is 8.80 Å². The standard InChI is InChI=1S/C20H18Si.2ClH.Ti/c1-21(2)20-12-6-11-18(20)17-10-5-9-16-15-8-4-3-7-14(15)13-19(16)17;;;/h3-5,7-10,12H,6,13H2,1-2H3;2*1H;/q-1;;;+3/p-2. The minimum atomic E-state index is -0.430. The molecular formula is C20H18Cl2SiTi. The van der Waals surface area contributed by atoms with Gasteiger partial charge in [0.05, 0.1) is 0 Å². The van der Waals surface area contributed by atoms with Gasteiger partial charge in [-0.2, -0.15) is 16.8 Å². The third kappa shape index (κ3) is 3.52. The van der Waals surface area contributed by atoms with Crippen LogP contribution in [0.15, 0.2) is 53.7 Å². The fourth-order valence-electron chi connectivity index (χ4n) is 3.54. The van der Waals surface area contributed by atoms with Gasteiger partial charge in [-0.25, -0.2) is 0 Å². The molecule has 2 aromatic carbocycles. The summed E-state index contributed by atoms with van der Waals surface area (Å²) in [6.45, 7) is 4.75. The van der Waals surface area contributed by atoms with E-state index in [4.69, 9.17) is 0 Å². The van der Waals surface area contributed by atoms with E-state index in [1.807, 2.05) is 0 Å². The topological polar surface area (TPSA) is 0 Å². The van der Waals surface area contributed by atoms with Crippen LogP contribution in [0.2, 0.25) is 13.1 Å². The molecule has 0 fully saturated rings. The maximum atomic E-state index is 3.61. The van der Waals surface area contributed by atoms with Gasteiger partial charge < -0.3 is 24.8 Å². The molecule has 24 heavy (non-hydrogen) atoms. The van der Waals surface area contributed by atoms with Crippen LogP contribution in [0.3, 0.4) is 0 Å².